The lowest BCUT2D eigenvalue weighted by atomic mass is 10.3. The van der Waals surface area contributed by atoms with E-state index in [-0.39, 0.29) is 12.5 Å². The number of nitrogens with one attached hydrogen (secondary N) is 1. The summed E-state index contributed by atoms with van der Waals surface area (Å²) in [6.45, 7) is 3.90. The number of benzene rings is 1. The molecule has 1 N–H and O–H groups in total. The maximum atomic E-state index is 11.2. The van der Waals surface area contributed by atoms with E-state index in [1.165, 1.54) is 0 Å². The van der Waals surface area contributed by atoms with Crippen LogP contribution in [0.1, 0.15) is 0 Å². The molecule has 3 nitrogen and oxygen atoms in total. The summed E-state index contributed by atoms with van der Waals surface area (Å²) in [5.41, 5.74) is 0. The zero-order chi connectivity index (χ0) is 12.0. The van der Waals surface area contributed by atoms with Gasteiger partial charge >= 0.3 is 0 Å². The van der Waals surface area contributed by atoms with Gasteiger partial charge in [-0.05, 0) is 34.1 Å². The second kappa shape index (κ2) is 6.55. The van der Waals surface area contributed by atoms with Crippen LogP contribution in [-0.4, -0.2) is 19.1 Å². The zero-order valence-electron chi connectivity index (χ0n) is 8.50. The summed E-state index contributed by atoms with van der Waals surface area (Å²) in [5, 5.41) is 3.22. The molecule has 0 aromatic heterocycles. The summed E-state index contributed by atoms with van der Waals surface area (Å²) in [5.74, 6) is 0.389. The summed E-state index contributed by atoms with van der Waals surface area (Å²) >= 11 is 9.06. The minimum atomic E-state index is -0.193. The molecule has 0 aliphatic rings. The van der Waals surface area contributed by atoms with E-state index < -0.39 is 0 Å². The van der Waals surface area contributed by atoms with Crippen LogP contribution in [0.5, 0.6) is 5.75 Å². The predicted octanol–water partition coefficient (Wildman–Crippen LogP) is 2.78. The quantitative estimate of drug-likeness (QED) is 0.850. The summed E-state index contributed by atoms with van der Waals surface area (Å²) < 4.78 is 6.02. The van der Waals surface area contributed by atoms with Crippen molar-refractivity contribution in [2.45, 2.75) is 0 Å². The Morgan fingerprint density at radius 2 is 2.38 bits per heavy atom. The first-order chi connectivity index (χ1) is 7.63. The highest BCUT2D eigenvalue weighted by Crippen LogP contribution is 2.27. The Kier molecular flexibility index (Phi) is 5.35. The van der Waals surface area contributed by atoms with Crippen LogP contribution in [0.25, 0.3) is 0 Å². The van der Waals surface area contributed by atoms with Gasteiger partial charge in [-0.2, -0.15) is 0 Å². The van der Waals surface area contributed by atoms with Crippen molar-refractivity contribution in [1.82, 2.24) is 5.32 Å². The predicted molar refractivity (Wildman–Crippen MR) is 67.9 cm³/mol. The molecular weight excluding hydrogens is 293 g/mol. The molecular formula is C11H11BrClNO2. The van der Waals surface area contributed by atoms with Crippen LogP contribution in [0, 0.1) is 0 Å². The summed E-state index contributed by atoms with van der Waals surface area (Å²) in [6, 6.07) is 5.11. The second-order valence-electron chi connectivity index (χ2n) is 2.96. The number of ether oxygens (including phenoxy) is 1. The standard InChI is InChI=1S/C11H11BrClNO2/c1-2-5-14-11(15)7-16-10-4-3-8(13)6-9(10)12/h2-4,6H,1,5,7H2,(H,14,15). The van der Waals surface area contributed by atoms with Crippen LogP contribution in [0.4, 0.5) is 0 Å². The molecule has 5 heteroatoms. The van der Waals surface area contributed by atoms with Crippen molar-refractivity contribution in [1.29, 1.82) is 0 Å². The van der Waals surface area contributed by atoms with Gasteiger partial charge in [0.1, 0.15) is 5.75 Å². The van der Waals surface area contributed by atoms with Gasteiger partial charge in [-0.25, -0.2) is 0 Å². The molecule has 0 unspecified atom stereocenters. The Morgan fingerprint density at radius 3 is 3.00 bits per heavy atom. The Hall–Kier alpha value is -1.000. The van der Waals surface area contributed by atoms with Crippen molar-refractivity contribution in [3.63, 3.8) is 0 Å². The van der Waals surface area contributed by atoms with Crippen molar-refractivity contribution < 1.29 is 9.53 Å². The molecule has 0 fully saturated rings. The highest BCUT2D eigenvalue weighted by atomic mass is 79.9. The Morgan fingerprint density at radius 1 is 1.62 bits per heavy atom. The number of carbonyl (C=O) groups excluding carboxylic acids is 1. The molecule has 0 aliphatic carbocycles. The van der Waals surface area contributed by atoms with Gasteiger partial charge < -0.3 is 10.1 Å². The third-order valence-electron chi connectivity index (χ3n) is 1.70. The molecule has 0 saturated carbocycles. The number of hydrogen-bond acceptors (Lipinski definition) is 2. The summed E-state index contributed by atoms with van der Waals surface area (Å²) in [4.78, 5) is 11.2. The Labute approximate surface area is 108 Å². The largest absolute Gasteiger partial charge is 0.483 e. The van der Waals surface area contributed by atoms with Crippen LogP contribution in [-0.2, 0) is 4.79 Å². The molecule has 0 spiro atoms. The van der Waals surface area contributed by atoms with E-state index >= 15 is 0 Å². The summed E-state index contributed by atoms with van der Waals surface area (Å²) in [7, 11) is 0. The van der Waals surface area contributed by atoms with E-state index in [2.05, 4.69) is 27.8 Å². The highest BCUT2D eigenvalue weighted by Gasteiger charge is 2.04. The Balaban J connectivity index is 2.48. The first-order valence-corrected chi connectivity index (χ1v) is 5.76. The molecule has 0 aliphatic heterocycles. The first-order valence-electron chi connectivity index (χ1n) is 4.59. The Bertz CT molecular complexity index is 396. The first kappa shape index (κ1) is 13.1. The number of rotatable bonds is 5. The lowest BCUT2D eigenvalue weighted by Crippen LogP contribution is -2.28. The molecule has 1 aromatic carbocycles. The van der Waals surface area contributed by atoms with Gasteiger partial charge in [0.05, 0.1) is 4.47 Å². The molecule has 0 atom stereocenters. The van der Waals surface area contributed by atoms with Crippen molar-refractivity contribution >= 4 is 33.4 Å². The topological polar surface area (TPSA) is 38.3 Å². The molecule has 0 radical (unpaired) electrons. The van der Waals surface area contributed by atoms with Crippen LogP contribution in [0.15, 0.2) is 35.3 Å². The van der Waals surface area contributed by atoms with Gasteiger partial charge in [-0.3, -0.25) is 4.79 Å². The van der Waals surface area contributed by atoms with Gasteiger partial charge in [-0.1, -0.05) is 17.7 Å². The van der Waals surface area contributed by atoms with Crippen molar-refractivity contribution in [3.8, 4) is 5.75 Å². The van der Waals surface area contributed by atoms with Crippen LogP contribution in [0.2, 0.25) is 5.02 Å². The summed E-state index contributed by atoms with van der Waals surface area (Å²) in [6.07, 6.45) is 1.61. The van der Waals surface area contributed by atoms with Gasteiger partial charge in [0.25, 0.3) is 5.91 Å². The minimum absolute atomic E-state index is 0.0337. The van der Waals surface area contributed by atoms with E-state index in [4.69, 9.17) is 16.3 Å². The molecule has 1 rings (SSSR count). The van der Waals surface area contributed by atoms with E-state index in [0.717, 1.165) is 4.47 Å². The van der Waals surface area contributed by atoms with Crippen molar-refractivity contribution in [2.24, 2.45) is 0 Å². The van der Waals surface area contributed by atoms with Crippen LogP contribution >= 0.6 is 27.5 Å². The normalized spacial score (nSPS) is 9.62. The monoisotopic (exact) mass is 303 g/mol. The highest BCUT2D eigenvalue weighted by molar-refractivity contribution is 9.10. The van der Waals surface area contributed by atoms with E-state index in [1.807, 2.05) is 0 Å². The fraction of sp³-hybridized carbons (Fsp3) is 0.182. The van der Waals surface area contributed by atoms with Crippen LogP contribution < -0.4 is 10.1 Å². The third-order valence-corrected chi connectivity index (χ3v) is 2.55. The molecule has 0 bridgehead atoms. The van der Waals surface area contributed by atoms with Gasteiger partial charge in [0.2, 0.25) is 0 Å². The van der Waals surface area contributed by atoms with E-state index in [9.17, 15) is 4.79 Å². The van der Waals surface area contributed by atoms with Crippen LogP contribution in [0.3, 0.4) is 0 Å². The fourth-order valence-electron chi connectivity index (χ4n) is 0.973. The van der Waals surface area contributed by atoms with Gasteiger partial charge in [-0.15, -0.1) is 6.58 Å². The number of amides is 1. The molecule has 16 heavy (non-hydrogen) atoms. The molecule has 1 aromatic rings. The number of carbonyl (C=O) groups is 1. The molecule has 86 valence electrons. The number of hydrogen-bond donors (Lipinski definition) is 1. The maximum Gasteiger partial charge on any atom is 0.258 e. The fourth-order valence-corrected chi connectivity index (χ4v) is 1.77. The molecule has 1 amide bonds. The van der Waals surface area contributed by atoms with E-state index in [0.29, 0.717) is 17.3 Å². The third kappa shape index (κ3) is 4.24. The van der Waals surface area contributed by atoms with E-state index in [1.54, 1.807) is 24.3 Å². The number of halogens is 2. The lowest BCUT2D eigenvalue weighted by molar-refractivity contribution is -0.122. The van der Waals surface area contributed by atoms with Gasteiger partial charge in [0, 0.05) is 11.6 Å². The average molecular weight is 305 g/mol. The SMILES string of the molecule is C=CCNC(=O)COc1ccc(Cl)cc1Br. The molecule has 0 heterocycles. The average Bonchev–Trinajstić information content (AvgIpc) is 2.25. The minimum Gasteiger partial charge on any atom is -0.483 e. The second-order valence-corrected chi connectivity index (χ2v) is 4.25. The lowest BCUT2D eigenvalue weighted by Gasteiger charge is -2.08. The smallest absolute Gasteiger partial charge is 0.258 e. The van der Waals surface area contributed by atoms with Crippen molar-refractivity contribution in [3.05, 3.63) is 40.3 Å². The van der Waals surface area contributed by atoms with Gasteiger partial charge in [0.15, 0.2) is 6.61 Å². The van der Waals surface area contributed by atoms with Crippen molar-refractivity contribution in [2.75, 3.05) is 13.2 Å². The maximum absolute atomic E-state index is 11.2. The molecule has 0 saturated heterocycles. The zero-order valence-corrected chi connectivity index (χ0v) is 10.8.